The second kappa shape index (κ2) is 6.28. The summed E-state index contributed by atoms with van der Waals surface area (Å²) in [5.41, 5.74) is -0.823. The van der Waals surface area contributed by atoms with Crippen molar-refractivity contribution >= 4 is 29.5 Å². The summed E-state index contributed by atoms with van der Waals surface area (Å²) in [6, 6.07) is 1.54. The Morgan fingerprint density at radius 3 is 2.79 bits per heavy atom. The molecule has 0 aromatic carbocycles. The Labute approximate surface area is 145 Å². The average Bonchev–Trinajstić information content (AvgIpc) is 3.22. The van der Waals surface area contributed by atoms with Crippen molar-refractivity contribution in [3.63, 3.8) is 0 Å². The van der Waals surface area contributed by atoms with Crippen LogP contribution in [0, 0.1) is 11.3 Å². The van der Waals surface area contributed by atoms with Gasteiger partial charge in [0.1, 0.15) is 11.6 Å². The van der Waals surface area contributed by atoms with Gasteiger partial charge in [-0.1, -0.05) is 0 Å². The topological polar surface area (TPSA) is 99.5 Å². The maximum absolute atomic E-state index is 12.3. The van der Waals surface area contributed by atoms with E-state index in [4.69, 9.17) is 4.74 Å². The molecule has 0 unspecified atom stereocenters. The van der Waals surface area contributed by atoms with Gasteiger partial charge < -0.3 is 15.0 Å². The molecule has 2 atom stereocenters. The van der Waals surface area contributed by atoms with E-state index in [0.29, 0.717) is 25.0 Å². The first-order chi connectivity index (χ1) is 11.4. The van der Waals surface area contributed by atoms with E-state index in [1.165, 1.54) is 0 Å². The minimum absolute atomic E-state index is 0.0386. The van der Waals surface area contributed by atoms with Gasteiger partial charge in [0.05, 0.1) is 10.9 Å². The van der Waals surface area contributed by atoms with Crippen LogP contribution in [0.15, 0.2) is 0 Å². The summed E-state index contributed by atoms with van der Waals surface area (Å²) in [7, 11) is 0. The molecule has 0 spiro atoms. The first-order valence-corrected chi connectivity index (χ1v) is 9.23. The molecule has 130 valence electrons. The predicted octanol–water partition coefficient (Wildman–Crippen LogP) is 0.936. The standard InChI is InChI=1S/C16H21N3O4S/c1-15-7-4-13(21)19(15)11(9-24-15)14(22)23-8-12(20)18-16(10-17)5-2-3-6-16/h11H,2-9H2,1H3,(H,18,20)/t11-,15+/m1/s1. The quantitative estimate of drug-likeness (QED) is 0.757. The summed E-state index contributed by atoms with van der Waals surface area (Å²) in [5, 5.41) is 11.9. The van der Waals surface area contributed by atoms with E-state index in [1.807, 2.05) is 6.92 Å². The molecule has 0 aromatic heterocycles. The second-order valence-corrected chi connectivity index (χ2v) is 8.32. The molecule has 0 radical (unpaired) electrons. The molecule has 1 N–H and O–H groups in total. The van der Waals surface area contributed by atoms with Gasteiger partial charge in [-0.2, -0.15) is 5.26 Å². The zero-order valence-electron chi connectivity index (χ0n) is 13.7. The molecule has 1 aliphatic carbocycles. The van der Waals surface area contributed by atoms with Crippen LogP contribution in [-0.2, 0) is 19.1 Å². The summed E-state index contributed by atoms with van der Waals surface area (Å²) in [6.45, 7) is 1.54. The van der Waals surface area contributed by atoms with Gasteiger partial charge >= 0.3 is 5.97 Å². The van der Waals surface area contributed by atoms with Crippen LogP contribution in [-0.4, -0.2) is 51.5 Å². The first-order valence-electron chi connectivity index (χ1n) is 8.24. The van der Waals surface area contributed by atoms with E-state index in [9.17, 15) is 19.6 Å². The van der Waals surface area contributed by atoms with Crippen molar-refractivity contribution in [3.8, 4) is 6.07 Å². The fourth-order valence-corrected chi connectivity index (χ4v) is 5.19. The molecule has 24 heavy (non-hydrogen) atoms. The normalized spacial score (nSPS) is 30.8. The van der Waals surface area contributed by atoms with Gasteiger partial charge in [0.25, 0.3) is 5.91 Å². The molecule has 3 aliphatic rings. The highest BCUT2D eigenvalue weighted by molar-refractivity contribution is 8.01. The number of rotatable bonds is 4. The summed E-state index contributed by atoms with van der Waals surface area (Å²) < 4.78 is 5.12. The zero-order chi connectivity index (χ0) is 17.4. The zero-order valence-corrected chi connectivity index (χ0v) is 14.5. The van der Waals surface area contributed by atoms with Gasteiger partial charge in [-0.05, 0) is 39.0 Å². The third kappa shape index (κ3) is 2.97. The van der Waals surface area contributed by atoms with Crippen LogP contribution in [0.5, 0.6) is 0 Å². The molecule has 2 aliphatic heterocycles. The van der Waals surface area contributed by atoms with Crippen LogP contribution in [0.3, 0.4) is 0 Å². The highest BCUT2D eigenvalue weighted by atomic mass is 32.2. The summed E-state index contributed by atoms with van der Waals surface area (Å²) in [4.78, 5) is 37.6. The number of nitriles is 1. The molecule has 8 heteroatoms. The molecular weight excluding hydrogens is 330 g/mol. The maximum atomic E-state index is 12.3. The first kappa shape index (κ1) is 17.1. The lowest BCUT2D eigenvalue weighted by Crippen LogP contribution is -2.49. The SMILES string of the molecule is C[C@]12CCC(=O)N1[C@@H](C(=O)OCC(=O)NC1(C#N)CCCC1)CS2. The van der Waals surface area contributed by atoms with E-state index in [1.54, 1.807) is 16.7 Å². The summed E-state index contributed by atoms with van der Waals surface area (Å²) in [6.07, 6.45) is 4.24. The largest absolute Gasteiger partial charge is 0.454 e. The number of thioether (sulfide) groups is 1. The predicted molar refractivity (Wildman–Crippen MR) is 86.6 cm³/mol. The Hall–Kier alpha value is -1.75. The van der Waals surface area contributed by atoms with Crippen molar-refractivity contribution in [2.45, 2.75) is 61.9 Å². The van der Waals surface area contributed by atoms with Gasteiger partial charge in [-0.3, -0.25) is 9.59 Å². The van der Waals surface area contributed by atoms with Crippen molar-refractivity contribution in [1.29, 1.82) is 5.26 Å². The van der Waals surface area contributed by atoms with Gasteiger partial charge in [-0.15, -0.1) is 11.8 Å². The van der Waals surface area contributed by atoms with E-state index < -0.39 is 30.1 Å². The van der Waals surface area contributed by atoms with E-state index in [0.717, 1.165) is 19.3 Å². The van der Waals surface area contributed by atoms with Crippen LogP contribution in [0.25, 0.3) is 0 Å². The molecule has 3 fully saturated rings. The number of carbonyl (C=O) groups excluding carboxylic acids is 3. The number of hydrogen-bond donors (Lipinski definition) is 1. The molecule has 1 saturated carbocycles. The molecule has 3 rings (SSSR count). The number of amides is 2. The Bertz CT molecular complexity index is 611. The van der Waals surface area contributed by atoms with Crippen molar-refractivity contribution in [3.05, 3.63) is 0 Å². The highest BCUT2D eigenvalue weighted by Crippen LogP contribution is 2.47. The number of nitrogens with one attached hydrogen (secondary N) is 1. The fraction of sp³-hybridized carbons (Fsp3) is 0.750. The van der Waals surface area contributed by atoms with Crippen molar-refractivity contribution < 1.29 is 19.1 Å². The van der Waals surface area contributed by atoms with Crippen LogP contribution in [0.1, 0.15) is 45.4 Å². The minimum atomic E-state index is -0.823. The van der Waals surface area contributed by atoms with Gasteiger partial charge in [0.2, 0.25) is 5.91 Å². The maximum Gasteiger partial charge on any atom is 0.330 e. The highest BCUT2D eigenvalue weighted by Gasteiger charge is 2.53. The Balaban J connectivity index is 1.53. The third-order valence-corrected chi connectivity index (χ3v) is 6.62. The number of nitrogens with zero attached hydrogens (tertiary/aromatic N) is 2. The van der Waals surface area contributed by atoms with Crippen molar-refractivity contribution in [2.24, 2.45) is 0 Å². The van der Waals surface area contributed by atoms with Gasteiger partial charge in [-0.25, -0.2) is 4.79 Å². The molecule has 2 heterocycles. The number of fused-ring (bicyclic) bond motifs is 1. The number of carbonyl (C=O) groups is 3. The molecule has 2 amide bonds. The molecule has 0 bridgehead atoms. The Kier molecular flexibility index (Phi) is 4.47. The lowest BCUT2D eigenvalue weighted by atomic mass is 10.00. The van der Waals surface area contributed by atoms with Gasteiger partial charge in [0, 0.05) is 12.2 Å². The monoisotopic (exact) mass is 351 g/mol. The average molecular weight is 351 g/mol. The lowest BCUT2D eigenvalue weighted by Gasteiger charge is -2.29. The van der Waals surface area contributed by atoms with Crippen LogP contribution in [0.2, 0.25) is 0 Å². The molecule has 7 nitrogen and oxygen atoms in total. The number of hydrogen-bond acceptors (Lipinski definition) is 6. The summed E-state index contributed by atoms with van der Waals surface area (Å²) >= 11 is 1.58. The van der Waals surface area contributed by atoms with Crippen molar-refractivity contribution in [2.75, 3.05) is 12.4 Å². The Morgan fingerprint density at radius 1 is 1.42 bits per heavy atom. The van der Waals surface area contributed by atoms with Crippen LogP contribution >= 0.6 is 11.8 Å². The smallest absolute Gasteiger partial charge is 0.330 e. The minimum Gasteiger partial charge on any atom is -0.454 e. The van der Waals surface area contributed by atoms with Crippen LogP contribution < -0.4 is 5.32 Å². The second-order valence-electron chi connectivity index (χ2n) is 6.82. The van der Waals surface area contributed by atoms with E-state index in [-0.39, 0.29) is 10.8 Å². The van der Waals surface area contributed by atoms with E-state index in [2.05, 4.69) is 11.4 Å². The molecule has 2 saturated heterocycles. The Morgan fingerprint density at radius 2 is 2.12 bits per heavy atom. The fourth-order valence-electron chi connectivity index (χ4n) is 3.77. The third-order valence-electron chi connectivity index (χ3n) is 5.11. The number of ether oxygens (including phenoxy) is 1. The van der Waals surface area contributed by atoms with Gasteiger partial charge in [0.15, 0.2) is 6.61 Å². The molecular formula is C16H21N3O4S. The molecule has 0 aromatic rings. The van der Waals surface area contributed by atoms with E-state index >= 15 is 0 Å². The number of esters is 1. The van der Waals surface area contributed by atoms with Crippen molar-refractivity contribution in [1.82, 2.24) is 10.2 Å². The van der Waals surface area contributed by atoms with Crippen LogP contribution in [0.4, 0.5) is 0 Å². The lowest BCUT2D eigenvalue weighted by molar-refractivity contribution is -0.156. The summed E-state index contributed by atoms with van der Waals surface area (Å²) in [5.74, 6) is -0.560.